The van der Waals surface area contributed by atoms with Gasteiger partial charge in [0.2, 0.25) is 0 Å². The molecule has 2 heterocycles. The van der Waals surface area contributed by atoms with E-state index < -0.39 is 5.97 Å². The van der Waals surface area contributed by atoms with E-state index in [2.05, 4.69) is 9.97 Å². The zero-order chi connectivity index (χ0) is 18.0. The predicted molar refractivity (Wildman–Crippen MR) is 95.0 cm³/mol. The van der Waals surface area contributed by atoms with Crippen molar-refractivity contribution in [2.45, 2.75) is 6.92 Å². The Morgan fingerprint density at radius 2 is 2.08 bits per heavy atom. The van der Waals surface area contributed by atoms with Crippen LogP contribution in [0, 0.1) is 0 Å². The van der Waals surface area contributed by atoms with Crippen molar-refractivity contribution in [1.82, 2.24) is 14.5 Å². The van der Waals surface area contributed by atoms with Crippen LogP contribution in [-0.4, -0.2) is 32.2 Å². The van der Waals surface area contributed by atoms with Crippen LogP contribution in [0.25, 0.3) is 22.6 Å². The van der Waals surface area contributed by atoms with Gasteiger partial charge in [0.1, 0.15) is 11.4 Å². The molecule has 0 fully saturated rings. The molecule has 0 saturated carbocycles. The SMILES string of the molecule is CCOc1cc(Cl)ccc1-c1c(-c2cc(C(=O)O)ccn2)ncn1C. The van der Waals surface area contributed by atoms with Gasteiger partial charge in [0.05, 0.1) is 29.9 Å². The minimum Gasteiger partial charge on any atom is -0.493 e. The topological polar surface area (TPSA) is 77.2 Å². The molecule has 0 atom stereocenters. The van der Waals surface area contributed by atoms with Crippen molar-refractivity contribution in [3.8, 4) is 28.4 Å². The van der Waals surface area contributed by atoms with Crippen molar-refractivity contribution in [3.63, 3.8) is 0 Å². The standard InChI is InChI=1S/C18H16ClN3O3/c1-3-25-15-9-12(19)4-5-13(15)17-16(21-10-22(17)2)14-8-11(18(23)24)6-7-20-14/h4-10H,3H2,1-2H3,(H,23,24). The molecule has 3 rings (SSSR count). The highest BCUT2D eigenvalue weighted by molar-refractivity contribution is 6.30. The van der Waals surface area contributed by atoms with E-state index in [9.17, 15) is 9.90 Å². The number of nitrogens with zero attached hydrogens (tertiary/aromatic N) is 3. The molecule has 3 aromatic rings. The number of hydrogen-bond acceptors (Lipinski definition) is 4. The Bertz CT molecular complexity index is 937. The summed E-state index contributed by atoms with van der Waals surface area (Å²) < 4.78 is 7.55. The zero-order valence-electron chi connectivity index (χ0n) is 13.7. The van der Waals surface area contributed by atoms with Gasteiger partial charge in [-0.05, 0) is 37.3 Å². The van der Waals surface area contributed by atoms with E-state index in [4.69, 9.17) is 16.3 Å². The molecule has 6 nitrogen and oxygen atoms in total. The molecule has 7 heteroatoms. The minimum atomic E-state index is -1.01. The Hall–Kier alpha value is -2.86. The van der Waals surface area contributed by atoms with Crippen LogP contribution >= 0.6 is 11.6 Å². The van der Waals surface area contributed by atoms with Gasteiger partial charge < -0.3 is 14.4 Å². The first kappa shape index (κ1) is 17.0. The summed E-state index contributed by atoms with van der Waals surface area (Å²) in [4.78, 5) is 19.9. The summed E-state index contributed by atoms with van der Waals surface area (Å²) in [6, 6.07) is 8.33. The Balaban J connectivity index is 2.19. The van der Waals surface area contributed by atoms with Crippen molar-refractivity contribution < 1.29 is 14.6 Å². The van der Waals surface area contributed by atoms with Crippen molar-refractivity contribution in [2.75, 3.05) is 6.61 Å². The first-order valence-corrected chi connectivity index (χ1v) is 8.02. The van der Waals surface area contributed by atoms with Crippen LogP contribution < -0.4 is 4.74 Å². The molecule has 25 heavy (non-hydrogen) atoms. The van der Waals surface area contributed by atoms with Crippen LogP contribution in [0.2, 0.25) is 5.02 Å². The van der Waals surface area contributed by atoms with E-state index in [1.54, 1.807) is 18.5 Å². The fourth-order valence-corrected chi connectivity index (χ4v) is 2.76. The van der Waals surface area contributed by atoms with Crippen LogP contribution in [0.1, 0.15) is 17.3 Å². The number of pyridine rings is 1. The molecule has 0 amide bonds. The second-order valence-electron chi connectivity index (χ2n) is 5.36. The van der Waals surface area contributed by atoms with Crippen LogP contribution in [0.15, 0.2) is 42.9 Å². The number of aromatic nitrogens is 3. The van der Waals surface area contributed by atoms with Crippen LogP contribution in [0.4, 0.5) is 0 Å². The Kier molecular flexibility index (Phi) is 4.72. The van der Waals surface area contributed by atoms with Gasteiger partial charge in [-0.3, -0.25) is 4.98 Å². The van der Waals surface area contributed by atoms with Gasteiger partial charge in [0.25, 0.3) is 0 Å². The summed E-state index contributed by atoms with van der Waals surface area (Å²) in [5.74, 6) is -0.378. The minimum absolute atomic E-state index is 0.155. The van der Waals surface area contributed by atoms with Crippen LogP contribution in [0.5, 0.6) is 5.75 Å². The van der Waals surface area contributed by atoms with E-state index in [0.717, 1.165) is 11.3 Å². The number of aromatic carboxylic acids is 1. The lowest BCUT2D eigenvalue weighted by atomic mass is 10.1. The van der Waals surface area contributed by atoms with E-state index in [0.29, 0.717) is 28.8 Å². The molecule has 1 aromatic carbocycles. The predicted octanol–water partition coefficient (Wildman–Crippen LogP) is 3.90. The average Bonchev–Trinajstić information content (AvgIpc) is 2.97. The maximum Gasteiger partial charge on any atom is 0.335 e. The number of aryl methyl sites for hydroxylation is 1. The van der Waals surface area contributed by atoms with Crippen LogP contribution in [-0.2, 0) is 7.05 Å². The average molecular weight is 358 g/mol. The van der Waals surface area contributed by atoms with Crippen molar-refractivity contribution >= 4 is 17.6 Å². The lowest BCUT2D eigenvalue weighted by Gasteiger charge is -2.13. The van der Waals surface area contributed by atoms with Gasteiger partial charge in [0.15, 0.2) is 0 Å². The summed E-state index contributed by atoms with van der Waals surface area (Å²) >= 11 is 6.09. The quantitative estimate of drug-likeness (QED) is 0.749. The summed E-state index contributed by atoms with van der Waals surface area (Å²) in [6.07, 6.45) is 3.12. The lowest BCUT2D eigenvalue weighted by molar-refractivity contribution is 0.0697. The van der Waals surface area contributed by atoms with Gasteiger partial charge in [-0.1, -0.05) is 11.6 Å². The first-order valence-electron chi connectivity index (χ1n) is 7.65. The smallest absolute Gasteiger partial charge is 0.335 e. The number of carbonyl (C=O) groups is 1. The molecular formula is C18H16ClN3O3. The number of ether oxygens (including phenoxy) is 1. The molecule has 0 bridgehead atoms. The maximum absolute atomic E-state index is 11.2. The number of carboxylic acids is 1. The molecule has 0 aliphatic heterocycles. The zero-order valence-corrected chi connectivity index (χ0v) is 14.5. The molecule has 0 unspecified atom stereocenters. The number of carboxylic acid groups (broad SMARTS) is 1. The van der Waals surface area contributed by atoms with E-state index >= 15 is 0 Å². The monoisotopic (exact) mass is 357 g/mol. The van der Waals surface area contributed by atoms with Gasteiger partial charge >= 0.3 is 5.97 Å². The summed E-state index contributed by atoms with van der Waals surface area (Å²) in [7, 11) is 1.86. The van der Waals surface area contributed by atoms with E-state index in [1.807, 2.05) is 24.6 Å². The summed E-state index contributed by atoms with van der Waals surface area (Å²) in [5.41, 5.74) is 2.79. The highest BCUT2D eigenvalue weighted by atomic mass is 35.5. The fourth-order valence-electron chi connectivity index (χ4n) is 2.60. The first-order chi connectivity index (χ1) is 12.0. The number of halogens is 1. The second kappa shape index (κ2) is 6.94. The number of rotatable bonds is 5. The Labute approximate surface area is 149 Å². The van der Waals surface area contributed by atoms with Gasteiger partial charge in [-0.25, -0.2) is 9.78 Å². The van der Waals surface area contributed by atoms with Gasteiger partial charge in [-0.15, -0.1) is 0 Å². The third-order valence-corrected chi connectivity index (χ3v) is 3.92. The Morgan fingerprint density at radius 3 is 2.80 bits per heavy atom. The van der Waals surface area contributed by atoms with Crippen molar-refractivity contribution in [1.29, 1.82) is 0 Å². The maximum atomic E-state index is 11.2. The second-order valence-corrected chi connectivity index (χ2v) is 5.80. The summed E-state index contributed by atoms with van der Waals surface area (Å²) in [5, 5.41) is 9.78. The number of hydrogen-bond donors (Lipinski definition) is 1. The number of benzene rings is 1. The third-order valence-electron chi connectivity index (χ3n) is 3.69. The molecule has 128 valence electrons. The fraction of sp³-hybridized carbons (Fsp3) is 0.167. The van der Waals surface area contributed by atoms with Crippen LogP contribution in [0.3, 0.4) is 0 Å². The van der Waals surface area contributed by atoms with Crippen molar-refractivity contribution in [2.24, 2.45) is 7.05 Å². The van der Waals surface area contributed by atoms with E-state index in [-0.39, 0.29) is 5.56 Å². The molecule has 0 radical (unpaired) electrons. The van der Waals surface area contributed by atoms with Crippen molar-refractivity contribution in [3.05, 3.63) is 53.4 Å². The van der Waals surface area contributed by atoms with Gasteiger partial charge in [-0.2, -0.15) is 0 Å². The third kappa shape index (κ3) is 3.34. The Morgan fingerprint density at radius 1 is 1.28 bits per heavy atom. The molecular weight excluding hydrogens is 342 g/mol. The number of imidazole rings is 1. The molecule has 0 aliphatic carbocycles. The molecule has 1 N–H and O–H groups in total. The highest BCUT2D eigenvalue weighted by Gasteiger charge is 2.19. The normalized spacial score (nSPS) is 10.7. The molecule has 0 saturated heterocycles. The molecule has 0 aliphatic rings. The summed E-state index contributed by atoms with van der Waals surface area (Å²) in [6.45, 7) is 2.39. The lowest BCUT2D eigenvalue weighted by Crippen LogP contribution is -2.00. The van der Waals surface area contributed by atoms with E-state index in [1.165, 1.54) is 18.3 Å². The molecule has 2 aromatic heterocycles. The molecule has 0 spiro atoms. The van der Waals surface area contributed by atoms with Gasteiger partial charge in [0, 0.05) is 23.8 Å². The highest BCUT2D eigenvalue weighted by Crippen LogP contribution is 2.37. The largest absolute Gasteiger partial charge is 0.493 e.